The van der Waals surface area contributed by atoms with Crippen molar-refractivity contribution >= 4 is 11.4 Å². The Morgan fingerprint density at radius 3 is 1.13 bits per heavy atom. The number of rotatable bonds is 16. The van der Waals surface area contributed by atoms with Crippen LogP contribution in [0.15, 0.2) is 72.8 Å². The zero-order valence-corrected chi connectivity index (χ0v) is 20.9. The van der Waals surface area contributed by atoms with Gasteiger partial charge in [0.1, 0.15) is 26.4 Å². The Labute approximate surface area is 219 Å². The van der Waals surface area contributed by atoms with Crippen LogP contribution in [-0.4, -0.2) is 38.3 Å². The molecule has 0 bridgehead atoms. The maximum absolute atomic E-state index is 14.1. The molecule has 0 unspecified atom stereocenters. The van der Waals surface area contributed by atoms with Crippen LogP contribution >= 0.6 is 0 Å². The van der Waals surface area contributed by atoms with Gasteiger partial charge < -0.3 is 30.4 Å². The van der Waals surface area contributed by atoms with E-state index < -0.39 is 38.3 Å². The quantitative estimate of drug-likeness (QED) is 0.183. The maximum atomic E-state index is 14.1. The highest BCUT2D eigenvalue weighted by molar-refractivity contribution is 5.39. The van der Waals surface area contributed by atoms with E-state index >= 15 is 0 Å². The van der Waals surface area contributed by atoms with Gasteiger partial charge in [-0.2, -0.15) is 0 Å². The van der Waals surface area contributed by atoms with Crippen LogP contribution in [0.5, 0.6) is 0 Å². The second-order valence-corrected chi connectivity index (χ2v) is 8.99. The summed E-state index contributed by atoms with van der Waals surface area (Å²) in [5.74, 6) is -6.34. The lowest BCUT2D eigenvalue weighted by molar-refractivity contribution is -0.130. The molecule has 38 heavy (non-hydrogen) atoms. The molecule has 206 valence electrons. The molecule has 0 saturated carbocycles. The van der Waals surface area contributed by atoms with Crippen LogP contribution in [0, 0.1) is 0 Å². The fourth-order valence-corrected chi connectivity index (χ4v) is 3.39. The average molecular weight is 537 g/mol. The molecule has 0 aromatic heterocycles. The van der Waals surface area contributed by atoms with Crippen molar-refractivity contribution in [3.63, 3.8) is 0 Å². The first-order valence-corrected chi connectivity index (χ1v) is 11.9. The molecular formula is C28H32F4N2O4. The SMILES string of the molecule is Nc1ccc(COCC(F)(F)COCc2cccc(COCC(F)(F)COCc3ccc(N)cc3)c2)cc1. The molecule has 4 N–H and O–H groups in total. The summed E-state index contributed by atoms with van der Waals surface area (Å²) < 4.78 is 76.9. The lowest BCUT2D eigenvalue weighted by atomic mass is 10.1. The van der Waals surface area contributed by atoms with Gasteiger partial charge in [0.2, 0.25) is 0 Å². The summed E-state index contributed by atoms with van der Waals surface area (Å²) in [6, 6.07) is 20.2. The molecule has 0 aliphatic carbocycles. The Bertz CT molecular complexity index is 1030. The van der Waals surface area contributed by atoms with E-state index in [0.29, 0.717) is 22.5 Å². The van der Waals surface area contributed by atoms with E-state index in [-0.39, 0.29) is 26.4 Å². The zero-order valence-electron chi connectivity index (χ0n) is 20.9. The Balaban J connectivity index is 1.33. The Hall–Kier alpha value is -3.18. The van der Waals surface area contributed by atoms with E-state index in [0.717, 1.165) is 11.1 Å². The Morgan fingerprint density at radius 2 is 0.789 bits per heavy atom. The topological polar surface area (TPSA) is 89.0 Å². The summed E-state index contributed by atoms with van der Waals surface area (Å²) >= 11 is 0. The first kappa shape index (κ1) is 29.4. The van der Waals surface area contributed by atoms with Crippen molar-refractivity contribution in [2.75, 3.05) is 37.9 Å². The highest BCUT2D eigenvalue weighted by atomic mass is 19.3. The molecule has 0 heterocycles. The molecule has 3 rings (SSSR count). The fraction of sp³-hybridized carbons (Fsp3) is 0.357. The van der Waals surface area contributed by atoms with Crippen LogP contribution in [0.25, 0.3) is 0 Å². The van der Waals surface area contributed by atoms with Crippen LogP contribution in [0.2, 0.25) is 0 Å². The highest BCUT2D eigenvalue weighted by Crippen LogP contribution is 2.19. The van der Waals surface area contributed by atoms with Crippen molar-refractivity contribution in [1.82, 2.24) is 0 Å². The summed E-state index contributed by atoms with van der Waals surface area (Å²) in [5.41, 5.74) is 15.0. The molecule has 0 atom stereocenters. The van der Waals surface area contributed by atoms with Gasteiger partial charge in [-0.25, -0.2) is 17.6 Å². The maximum Gasteiger partial charge on any atom is 0.293 e. The third-order valence-corrected chi connectivity index (χ3v) is 5.28. The van der Waals surface area contributed by atoms with Crippen LogP contribution < -0.4 is 11.5 Å². The van der Waals surface area contributed by atoms with Gasteiger partial charge in [-0.3, -0.25) is 0 Å². The van der Waals surface area contributed by atoms with Gasteiger partial charge in [0, 0.05) is 11.4 Å². The molecular weight excluding hydrogens is 504 g/mol. The van der Waals surface area contributed by atoms with E-state index in [1.165, 1.54) is 0 Å². The summed E-state index contributed by atoms with van der Waals surface area (Å²) in [6.07, 6.45) is 0. The van der Waals surface area contributed by atoms with Gasteiger partial charge in [0.15, 0.2) is 0 Å². The summed E-state index contributed by atoms with van der Waals surface area (Å²) in [4.78, 5) is 0. The first-order valence-electron chi connectivity index (χ1n) is 11.9. The zero-order chi connectivity index (χ0) is 27.4. The standard InChI is InChI=1S/C28H32F4N2O4/c29-27(30,17-35-13-21-4-8-25(33)9-5-21)19-37-15-23-2-1-3-24(12-23)16-38-20-28(31,32)18-36-14-22-6-10-26(34)11-7-22/h1-12H,13-20,33-34H2. The third-order valence-electron chi connectivity index (χ3n) is 5.28. The van der Waals surface area contributed by atoms with Crippen molar-refractivity contribution < 1.29 is 36.5 Å². The number of nitrogens with two attached hydrogens (primary N) is 2. The first-order chi connectivity index (χ1) is 18.1. The van der Waals surface area contributed by atoms with E-state index in [9.17, 15) is 17.6 Å². The number of benzene rings is 3. The third kappa shape index (κ3) is 11.1. The number of ether oxygens (including phenoxy) is 4. The number of hydrogen-bond acceptors (Lipinski definition) is 6. The average Bonchev–Trinajstić information content (AvgIpc) is 2.86. The van der Waals surface area contributed by atoms with Crippen LogP contribution in [0.3, 0.4) is 0 Å². The monoisotopic (exact) mass is 536 g/mol. The molecule has 0 aliphatic heterocycles. The lowest BCUT2D eigenvalue weighted by Gasteiger charge is -2.17. The molecule has 6 nitrogen and oxygen atoms in total. The second-order valence-electron chi connectivity index (χ2n) is 8.99. The minimum atomic E-state index is -3.17. The predicted molar refractivity (Wildman–Crippen MR) is 137 cm³/mol. The van der Waals surface area contributed by atoms with Gasteiger partial charge in [0.25, 0.3) is 11.8 Å². The number of alkyl halides is 4. The minimum absolute atomic E-state index is 0.0334. The van der Waals surface area contributed by atoms with Gasteiger partial charge in [-0.05, 0) is 46.5 Å². The summed E-state index contributed by atoms with van der Waals surface area (Å²) in [7, 11) is 0. The van der Waals surface area contributed by atoms with Crippen LogP contribution in [-0.2, 0) is 45.4 Å². The second kappa shape index (κ2) is 14.1. The van der Waals surface area contributed by atoms with Crippen molar-refractivity contribution in [3.05, 3.63) is 95.1 Å². The normalized spacial score (nSPS) is 12.1. The smallest absolute Gasteiger partial charge is 0.293 e. The molecule has 3 aromatic carbocycles. The van der Waals surface area contributed by atoms with Gasteiger partial charge in [0.05, 0.1) is 26.4 Å². The van der Waals surface area contributed by atoms with E-state index in [1.807, 2.05) is 0 Å². The molecule has 0 fully saturated rings. The minimum Gasteiger partial charge on any atom is -0.399 e. The van der Waals surface area contributed by atoms with Gasteiger partial charge in [-0.15, -0.1) is 0 Å². The molecule has 0 spiro atoms. The number of hydrogen-bond donors (Lipinski definition) is 2. The Kier molecular flexibility index (Phi) is 10.9. The van der Waals surface area contributed by atoms with Crippen LogP contribution in [0.1, 0.15) is 22.3 Å². The predicted octanol–water partition coefficient (Wildman–Crippen LogP) is 5.59. The van der Waals surface area contributed by atoms with Crippen molar-refractivity contribution in [2.45, 2.75) is 38.3 Å². The lowest BCUT2D eigenvalue weighted by Crippen LogP contribution is -2.30. The van der Waals surface area contributed by atoms with Crippen molar-refractivity contribution in [2.24, 2.45) is 0 Å². The molecule has 0 radical (unpaired) electrons. The van der Waals surface area contributed by atoms with Gasteiger partial charge in [-0.1, -0.05) is 48.5 Å². The molecule has 0 saturated heterocycles. The molecule has 0 amide bonds. The van der Waals surface area contributed by atoms with E-state index in [4.69, 9.17) is 30.4 Å². The van der Waals surface area contributed by atoms with Crippen LogP contribution in [0.4, 0.5) is 28.9 Å². The van der Waals surface area contributed by atoms with Crippen molar-refractivity contribution in [3.8, 4) is 0 Å². The van der Waals surface area contributed by atoms with E-state index in [2.05, 4.69) is 0 Å². The highest BCUT2D eigenvalue weighted by Gasteiger charge is 2.30. The summed E-state index contributed by atoms with van der Waals surface area (Å²) in [6.45, 7) is -3.30. The largest absolute Gasteiger partial charge is 0.399 e. The van der Waals surface area contributed by atoms with E-state index in [1.54, 1.807) is 72.8 Å². The molecule has 3 aromatic rings. The molecule has 0 aliphatic rings. The van der Waals surface area contributed by atoms with Crippen molar-refractivity contribution in [1.29, 1.82) is 0 Å². The number of halogens is 4. The molecule has 10 heteroatoms. The summed E-state index contributed by atoms with van der Waals surface area (Å²) in [5, 5.41) is 0. The Morgan fingerprint density at radius 1 is 0.474 bits per heavy atom. The fourth-order valence-electron chi connectivity index (χ4n) is 3.39. The van der Waals surface area contributed by atoms with Gasteiger partial charge >= 0.3 is 0 Å². The number of nitrogen functional groups attached to an aromatic ring is 2. The number of anilines is 2.